The molecule has 0 amide bonds. The van der Waals surface area contributed by atoms with Gasteiger partial charge in [-0.25, -0.2) is 0 Å². The van der Waals surface area contributed by atoms with E-state index < -0.39 is 0 Å². The number of benzene rings is 5. The lowest BCUT2D eigenvalue weighted by Gasteiger charge is -2.33. The molecule has 5 aromatic rings. The molecule has 1 aliphatic rings. The standard InChI is InChI=1S/C26H29NO.C19H22N2OS/c1-4-25(21-11-7-5-8-12-21)26(22-13-9-6-10-14-22)23-15-17-24(18-16-23)28-20-19-27(2)3;1-14(22)15-9-10-19-17(13-15)21(12-6-11-20(2)3)16-7-4-5-8-18(16)23-19/h5-18H,4,19-20H2,1-3H3;4-5,7-10,13H,6,11-12H2,1-3H3/b26-25-;. The number of ether oxygens (including phenoxy) is 1. The predicted octanol–water partition coefficient (Wildman–Crippen LogP) is 10.4. The molecule has 6 rings (SSSR count). The first-order valence-corrected chi connectivity index (χ1v) is 18.6. The third-order valence-electron chi connectivity index (χ3n) is 8.81. The smallest absolute Gasteiger partial charge is 0.159 e. The Bertz CT molecular complexity index is 1890. The number of hydrogen-bond donors (Lipinski definition) is 0. The van der Waals surface area contributed by atoms with Gasteiger partial charge < -0.3 is 19.4 Å². The van der Waals surface area contributed by atoms with Crippen LogP contribution in [0.4, 0.5) is 11.4 Å². The zero-order chi connectivity index (χ0) is 36.2. The van der Waals surface area contributed by atoms with E-state index in [2.05, 4.69) is 165 Å². The van der Waals surface area contributed by atoms with Gasteiger partial charge in [-0.05, 0) is 119 Å². The summed E-state index contributed by atoms with van der Waals surface area (Å²) in [6.07, 6.45) is 2.05. The summed E-state index contributed by atoms with van der Waals surface area (Å²) in [7, 11) is 8.31. The molecule has 0 fully saturated rings. The van der Waals surface area contributed by atoms with Gasteiger partial charge in [-0.3, -0.25) is 4.79 Å². The van der Waals surface area contributed by atoms with Gasteiger partial charge in [0.2, 0.25) is 0 Å². The summed E-state index contributed by atoms with van der Waals surface area (Å²) >= 11 is 1.78. The van der Waals surface area contributed by atoms with Gasteiger partial charge in [0.15, 0.2) is 5.78 Å². The molecule has 0 unspecified atom stereocenters. The highest BCUT2D eigenvalue weighted by Crippen LogP contribution is 2.48. The number of para-hydroxylation sites is 1. The molecule has 0 bridgehead atoms. The Labute approximate surface area is 309 Å². The maximum atomic E-state index is 11.8. The van der Waals surface area contributed by atoms with Gasteiger partial charge in [0, 0.05) is 28.4 Å². The van der Waals surface area contributed by atoms with Crippen LogP contribution in [0.3, 0.4) is 0 Å². The lowest BCUT2D eigenvalue weighted by atomic mass is 9.88. The second-order valence-electron chi connectivity index (χ2n) is 13.2. The topological polar surface area (TPSA) is 36.0 Å². The van der Waals surface area contributed by atoms with Crippen LogP contribution in [0.15, 0.2) is 137 Å². The summed E-state index contributed by atoms with van der Waals surface area (Å²) in [6, 6.07) is 44.4. The van der Waals surface area contributed by atoms with Gasteiger partial charge in [-0.2, -0.15) is 0 Å². The van der Waals surface area contributed by atoms with Crippen LogP contribution in [0.25, 0.3) is 11.1 Å². The van der Waals surface area contributed by atoms with E-state index >= 15 is 0 Å². The Morgan fingerprint density at radius 3 is 1.84 bits per heavy atom. The summed E-state index contributed by atoms with van der Waals surface area (Å²) in [5, 5.41) is 0. The van der Waals surface area contributed by atoms with Crippen molar-refractivity contribution in [2.75, 3.05) is 59.3 Å². The number of fused-ring (bicyclic) bond motifs is 2. The molecule has 0 atom stereocenters. The molecule has 0 aromatic heterocycles. The number of hydrogen-bond acceptors (Lipinski definition) is 6. The maximum Gasteiger partial charge on any atom is 0.159 e. The lowest BCUT2D eigenvalue weighted by Crippen LogP contribution is -2.25. The first-order valence-electron chi connectivity index (χ1n) is 17.8. The molecule has 1 aliphatic heterocycles. The van der Waals surface area contributed by atoms with Crippen molar-refractivity contribution >= 4 is 40.1 Å². The summed E-state index contributed by atoms with van der Waals surface area (Å²) in [5.74, 6) is 1.03. The molecule has 0 spiro atoms. The highest BCUT2D eigenvalue weighted by Gasteiger charge is 2.23. The molecule has 5 aromatic carbocycles. The lowest BCUT2D eigenvalue weighted by molar-refractivity contribution is 0.101. The Morgan fingerprint density at radius 2 is 1.22 bits per heavy atom. The van der Waals surface area contributed by atoms with Crippen molar-refractivity contribution in [1.82, 2.24) is 9.80 Å². The second-order valence-corrected chi connectivity index (χ2v) is 14.3. The van der Waals surface area contributed by atoms with Crippen LogP contribution < -0.4 is 9.64 Å². The molecule has 0 radical (unpaired) electrons. The van der Waals surface area contributed by atoms with E-state index in [0.29, 0.717) is 6.61 Å². The average molecular weight is 698 g/mol. The molecule has 6 heteroatoms. The minimum atomic E-state index is 0.116. The molecular formula is C45H51N3O2S. The van der Waals surface area contributed by atoms with Crippen LogP contribution >= 0.6 is 11.8 Å². The fraction of sp³-hybridized carbons (Fsp3) is 0.267. The fourth-order valence-electron chi connectivity index (χ4n) is 6.18. The Kier molecular flexibility index (Phi) is 13.7. The van der Waals surface area contributed by atoms with Crippen molar-refractivity contribution in [2.24, 2.45) is 0 Å². The van der Waals surface area contributed by atoms with E-state index in [1.807, 2.05) is 12.1 Å². The molecular weight excluding hydrogens is 647 g/mol. The minimum absolute atomic E-state index is 0.116. The van der Waals surface area contributed by atoms with E-state index in [9.17, 15) is 4.79 Å². The Morgan fingerprint density at radius 1 is 0.647 bits per heavy atom. The van der Waals surface area contributed by atoms with Crippen LogP contribution in [-0.2, 0) is 0 Å². The predicted molar refractivity (Wildman–Crippen MR) is 217 cm³/mol. The van der Waals surface area contributed by atoms with Gasteiger partial charge in [-0.1, -0.05) is 110 Å². The fourth-order valence-corrected chi connectivity index (χ4v) is 7.26. The minimum Gasteiger partial charge on any atom is -0.492 e. The zero-order valence-corrected chi connectivity index (χ0v) is 31.7. The van der Waals surface area contributed by atoms with Crippen molar-refractivity contribution in [3.05, 3.63) is 150 Å². The Hall–Kier alpha value is -4.62. The summed E-state index contributed by atoms with van der Waals surface area (Å²) in [6.45, 7) is 7.45. The highest BCUT2D eigenvalue weighted by molar-refractivity contribution is 7.99. The highest BCUT2D eigenvalue weighted by atomic mass is 32.2. The molecule has 0 saturated heterocycles. The van der Waals surface area contributed by atoms with Gasteiger partial charge >= 0.3 is 0 Å². The number of Topliss-reactive ketones (excluding diaryl/α,β-unsaturated/α-hetero) is 1. The zero-order valence-electron chi connectivity index (χ0n) is 30.9. The van der Waals surface area contributed by atoms with E-state index in [1.54, 1.807) is 18.7 Å². The van der Waals surface area contributed by atoms with E-state index in [0.717, 1.165) is 49.5 Å². The van der Waals surface area contributed by atoms with Crippen molar-refractivity contribution in [3.63, 3.8) is 0 Å². The van der Waals surface area contributed by atoms with Crippen molar-refractivity contribution in [3.8, 4) is 5.75 Å². The third-order valence-corrected chi connectivity index (χ3v) is 9.94. The molecule has 0 aliphatic carbocycles. The van der Waals surface area contributed by atoms with Crippen LogP contribution in [0.5, 0.6) is 5.75 Å². The van der Waals surface area contributed by atoms with Crippen molar-refractivity contribution < 1.29 is 9.53 Å². The molecule has 1 heterocycles. The summed E-state index contributed by atoms with van der Waals surface area (Å²) in [5.41, 5.74) is 9.54. The first-order chi connectivity index (χ1) is 24.7. The van der Waals surface area contributed by atoms with Crippen molar-refractivity contribution in [2.45, 2.75) is 36.5 Å². The number of ketones is 1. The number of anilines is 2. The van der Waals surface area contributed by atoms with Gasteiger partial charge in [0.1, 0.15) is 12.4 Å². The number of rotatable bonds is 13. The quantitative estimate of drug-likeness (QED) is 0.0900. The molecule has 0 saturated carbocycles. The Balaban J connectivity index is 0.000000201. The molecule has 51 heavy (non-hydrogen) atoms. The second kappa shape index (κ2) is 18.6. The number of likely N-dealkylation sites (N-methyl/N-ethyl adjacent to an activating group) is 1. The van der Waals surface area contributed by atoms with Gasteiger partial charge in [0.05, 0.1) is 11.4 Å². The molecule has 264 valence electrons. The number of nitrogens with zero attached hydrogens (tertiary/aromatic N) is 3. The number of carbonyl (C=O) groups is 1. The van der Waals surface area contributed by atoms with Crippen molar-refractivity contribution in [1.29, 1.82) is 0 Å². The number of allylic oxidation sites excluding steroid dienone is 1. The van der Waals surface area contributed by atoms with E-state index in [4.69, 9.17) is 4.74 Å². The first kappa shape index (κ1) is 37.6. The summed E-state index contributed by atoms with van der Waals surface area (Å²) < 4.78 is 5.87. The monoisotopic (exact) mass is 697 g/mol. The third kappa shape index (κ3) is 10.2. The maximum absolute atomic E-state index is 11.8. The normalized spacial score (nSPS) is 12.4. The van der Waals surface area contributed by atoms with Crippen LogP contribution in [-0.4, -0.2) is 70.0 Å². The van der Waals surface area contributed by atoms with E-state index in [-0.39, 0.29) is 5.78 Å². The largest absolute Gasteiger partial charge is 0.492 e. The summed E-state index contributed by atoms with van der Waals surface area (Å²) in [4.78, 5) is 20.9. The SMILES string of the molecule is CC(=O)c1ccc2c(c1)N(CCCN(C)C)c1ccccc1S2.CC/C(=C(\c1ccccc1)c1ccc(OCCN(C)C)cc1)c1ccccc1. The molecule has 0 N–H and O–H groups in total. The van der Waals surface area contributed by atoms with E-state index in [1.165, 1.54) is 43.3 Å². The average Bonchev–Trinajstić information content (AvgIpc) is 3.14. The van der Waals surface area contributed by atoms with Crippen LogP contribution in [0, 0.1) is 0 Å². The number of carbonyl (C=O) groups excluding carboxylic acids is 1. The van der Waals surface area contributed by atoms with Gasteiger partial charge in [0.25, 0.3) is 0 Å². The molecule has 5 nitrogen and oxygen atoms in total. The van der Waals surface area contributed by atoms with Gasteiger partial charge in [-0.15, -0.1) is 0 Å². The van der Waals surface area contributed by atoms with Crippen LogP contribution in [0.2, 0.25) is 0 Å². The van der Waals surface area contributed by atoms with Crippen LogP contribution in [0.1, 0.15) is 53.7 Å².